The first-order valence-electron chi connectivity index (χ1n) is 10.8. The van der Waals surface area contributed by atoms with Gasteiger partial charge in [0.2, 0.25) is 0 Å². The van der Waals surface area contributed by atoms with Crippen LogP contribution in [0.4, 0.5) is 11.4 Å². The van der Waals surface area contributed by atoms with Crippen molar-refractivity contribution in [3.63, 3.8) is 0 Å². The zero-order valence-electron chi connectivity index (χ0n) is 20.1. The number of hydrogen-bond acceptors (Lipinski definition) is 6. The molecule has 0 aliphatic carbocycles. The Balaban J connectivity index is 1.79. The Bertz CT molecular complexity index is 1260. The number of thiocarbonyl (C=S) groups is 1. The van der Waals surface area contributed by atoms with Crippen LogP contribution in [-0.4, -0.2) is 43.7 Å². The number of amides is 2. The zero-order valence-corrected chi connectivity index (χ0v) is 20.9. The van der Waals surface area contributed by atoms with Gasteiger partial charge in [0.25, 0.3) is 11.8 Å². The van der Waals surface area contributed by atoms with Gasteiger partial charge in [-0.3, -0.25) is 19.8 Å². The van der Waals surface area contributed by atoms with Crippen molar-refractivity contribution in [2.24, 2.45) is 0 Å². The molecular formula is C26H27N3O4S. The molecule has 0 spiro atoms. The van der Waals surface area contributed by atoms with Crippen molar-refractivity contribution in [2.75, 3.05) is 31.1 Å². The Labute approximate surface area is 204 Å². The van der Waals surface area contributed by atoms with E-state index >= 15 is 0 Å². The number of fused-ring (bicyclic) bond motifs is 1. The molecule has 0 bridgehead atoms. The molecule has 2 aliphatic rings. The van der Waals surface area contributed by atoms with Crippen LogP contribution < -0.4 is 24.6 Å². The molecule has 1 fully saturated rings. The van der Waals surface area contributed by atoms with Crippen molar-refractivity contribution in [1.29, 1.82) is 0 Å². The van der Waals surface area contributed by atoms with Crippen LogP contribution in [0.3, 0.4) is 0 Å². The van der Waals surface area contributed by atoms with E-state index in [1.807, 2.05) is 19.2 Å². The second kappa shape index (κ2) is 8.61. The molecular weight excluding hydrogens is 450 g/mol. The van der Waals surface area contributed by atoms with E-state index in [0.717, 1.165) is 16.8 Å². The number of ether oxygens (including phenoxy) is 2. The monoisotopic (exact) mass is 477 g/mol. The van der Waals surface area contributed by atoms with E-state index < -0.39 is 11.8 Å². The molecule has 1 saturated heterocycles. The van der Waals surface area contributed by atoms with Gasteiger partial charge in [0, 0.05) is 29.9 Å². The normalized spacial score (nSPS) is 18.5. The minimum atomic E-state index is -0.551. The summed E-state index contributed by atoms with van der Waals surface area (Å²) < 4.78 is 10.8. The van der Waals surface area contributed by atoms with E-state index in [1.165, 1.54) is 4.90 Å². The quantitative estimate of drug-likeness (QED) is 0.405. The van der Waals surface area contributed by atoms with Crippen LogP contribution in [0.2, 0.25) is 0 Å². The third-order valence-corrected chi connectivity index (χ3v) is 6.59. The average molecular weight is 478 g/mol. The fourth-order valence-corrected chi connectivity index (χ4v) is 4.54. The van der Waals surface area contributed by atoms with E-state index in [0.29, 0.717) is 22.7 Å². The SMILES string of the molecule is COc1ccc(N2C(=O)/C(=C\c3cc4c(cc3OC)N(C)C(C)(C)C=C4C)C(=O)NC2=S)cc1. The Morgan fingerprint density at radius 2 is 1.74 bits per heavy atom. The molecule has 2 heterocycles. The summed E-state index contributed by atoms with van der Waals surface area (Å²) >= 11 is 5.30. The predicted molar refractivity (Wildman–Crippen MR) is 138 cm³/mol. The number of allylic oxidation sites excluding steroid dienone is 1. The summed E-state index contributed by atoms with van der Waals surface area (Å²) in [5.74, 6) is 0.150. The molecule has 2 aromatic carbocycles. The number of methoxy groups -OCH3 is 2. The van der Waals surface area contributed by atoms with Crippen molar-refractivity contribution < 1.29 is 19.1 Å². The molecule has 0 atom stereocenters. The largest absolute Gasteiger partial charge is 0.497 e. The second-order valence-electron chi connectivity index (χ2n) is 8.81. The van der Waals surface area contributed by atoms with Gasteiger partial charge in [0.05, 0.1) is 25.4 Å². The number of carbonyl (C=O) groups is 2. The smallest absolute Gasteiger partial charge is 0.270 e. The lowest BCUT2D eigenvalue weighted by Gasteiger charge is -2.41. The van der Waals surface area contributed by atoms with Crippen LogP contribution in [0.15, 0.2) is 48.0 Å². The first kappa shape index (κ1) is 23.5. The minimum Gasteiger partial charge on any atom is -0.497 e. The van der Waals surface area contributed by atoms with Crippen LogP contribution in [0.5, 0.6) is 11.5 Å². The maximum atomic E-state index is 13.4. The second-order valence-corrected chi connectivity index (χ2v) is 9.19. The lowest BCUT2D eigenvalue weighted by Crippen LogP contribution is -2.54. The number of nitrogens with one attached hydrogen (secondary N) is 1. The van der Waals surface area contributed by atoms with Gasteiger partial charge in [0.1, 0.15) is 17.1 Å². The van der Waals surface area contributed by atoms with Crippen molar-refractivity contribution in [1.82, 2.24) is 5.32 Å². The molecule has 0 aromatic heterocycles. The number of nitrogens with zero attached hydrogens (tertiary/aromatic N) is 2. The van der Waals surface area contributed by atoms with Gasteiger partial charge in [-0.15, -0.1) is 0 Å². The third kappa shape index (κ3) is 3.94. The highest BCUT2D eigenvalue weighted by Gasteiger charge is 2.35. The van der Waals surface area contributed by atoms with Gasteiger partial charge in [-0.25, -0.2) is 0 Å². The van der Waals surface area contributed by atoms with E-state index in [1.54, 1.807) is 44.6 Å². The van der Waals surface area contributed by atoms with Gasteiger partial charge in [-0.05, 0) is 75.0 Å². The van der Waals surface area contributed by atoms with Crippen molar-refractivity contribution in [3.8, 4) is 11.5 Å². The number of benzene rings is 2. The van der Waals surface area contributed by atoms with E-state index in [2.05, 4.69) is 37.1 Å². The van der Waals surface area contributed by atoms with Crippen molar-refractivity contribution in [3.05, 3.63) is 59.2 Å². The molecule has 2 aromatic rings. The summed E-state index contributed by atoms with van der Waals surface area (Å²) in [5.41, 5.74) is 4.11. The highest BCUT2D eigenvalue weighted by Crippen LogP contribution is 2.42. The van der Waals surface area contributed by atoms with E-state index in [4.69, 9.17) is 21.7 Å². The van der Waals surface area contributed by atoms with Gasteiger partial charge in [-0.2, -0.15) is 0 Å². The summed E-state index contributed by atoms with van der Waals surface area (Å²) in [6.07, 6.45) is 3.75. The zero-order chi connectivity index (χ0) is 24.8. The Kier molecular flexibility index (Phi) is 5.95. The lowest BCUT2D eigenvalue weighted by atomic mass is 9.88. The first-order valence-corrected chi connectivity index (χ1v) is 11.2. The standard InChI is InChI=1S/C26H27N3O4S/c1-15-14-26(2,3)28(4)21-13-22(33-6)16(11-19(15)21)12-20-23(30)27-25(34)29(24(20)31)17-7-9-18(32-5)10-8-17/h7-14H,1-6H3,(H,27,30,34)/b20-12-. The van der Waals surface area contributed by atoms with Crippen molar-refractivity contribution in [2.45, 2.75) is 26.3 Å². The molecule has 176 valence electrons. The third-order valence-electron chi connectivity index (χ3n) is 6.30. The average Bonchev–Trinajstić information content (AvgIpc) is 2.80. The Morgan fingerprint density at radius 1 is 1.06 bits per heavy atom. The summed E-state index contributed by atoms with van der Waals surface area (Å²) in [5, 5.41) is 2.65. The Hall–Kier alpha value is -3.65. The molecule has 0 radical (unpaired) electrons. The number of likely N-dealkylation sites (N-methyl/N-ethyl adjacent to an activating group) is 1. The first-order chi connectivity index (χ1) is 16.1. The molecule has 2 aliphatic heterocycles. The molecule has 7 nitrogen and oxygen atoms in total. The maximum Gasteiger partial charge on any atom is 0.270 e. The van der Waals surface area contributed by atoms with Crippen LogP contribution in [0, 0.1) is 0 Å². The highest BCUT2D eigenvalue weighted by atomic mass is 32.1. The predicted octanol–water partition coefficient (Wildman–Crippen LogP) is 4.17. The summed E-state index contributed by atoms with van der Waals surface area (Å²) in [7, 11) is 5.17. The molecule has 0 unspecified atom stereocenters. The topological polar surface area (TPSA) is 71.1 Å². The molecule has 8 heteroatoms. The van der Waals surface area contributed by atoms with E-state index in [-0.39, 0.29) is 16.2 Å². The maximum absolute atomic E-state index is 13.4. The van der Waals surface area contributed by atoms with Crippen LogP contribution in [-0.2, 0) is 9.59 Å². The molecule has 34 heavy (non-hydrogen) atoms. The summed E-state index contributed by atoms with van der Waals surface area (Å²) in [4.78, 5) is 29.7. The number of hydrogen-bond donors (Lipinski definition) is 1. The Morgan fingerprint density at radius 3 is 2.35 bits per heavy atom. The van der Waals surface area contributed by atoms with Gasteiger partial charge in [0.15, 0.2) is 5.11 Å². The summed E-state index contributed by atoms with van der Waals surface area (Å²) in [6, 6.07) is 10.8. The lowest BCUT2D eigenvalue weighted by molar-refractivity contribution is -0.122. The fraction of sp³-hybridized carbons (Fsp3) is 0.269. The van der Waals surface area contributed by atoms with Crippen LogP contribution in [0.25, 0.3) is 11.6 Å². The highest BCUT2D eigenvalue weighted by molar-refractivity contribution is 7.80. The van der Waals surface area contributed by atoms with Gasteiger partial charge < -0.3 is 14.4 Å². The minimum absolute atomic E-state index is 0.0253. The summed E-state index contributed by atoms with van der Waals surface area (Å²) in [6.45, 7) is 6.34. The number of carbonyl (C=O) groups excluding carboxylic acids is 2. The number of anilines is 2. The van der Waals surface area contributed by atoms with E-state index in [9.17, 15) is 9.59 Å². The van der Waals surface area contributed by atoms with Crippen LogP contribution >= 0.6 is 12.2 Å². The van der Waals surface area contributed by atoms with Gasteiger partial charge in [-0.1, -0.05) is 6.08 Å². The molecule has 1 N–H and O–H groups in total. The number of rotatable bonds is 4. The van der Waals surface area contributed by atoms with Crippen LogP contribution in [0.1, 0.15) is 31.9 Å². The fourth-order valence-electron chi connectivity index (χ4n) is 4.26. The van der Waals surface area contributed by atoms with Crippen molar-refractivity contribution >= 4 is 52.2 Å². The molecule has 0 saturated carbocycles. The molecule has 2 amide bonds. The van der Waals surface area contributed by atoms with Gasteiger partial charge >= 0.3 is 0 Å². The molecule has 4 rings (SSSR count).